The summed E-state index contributed by atoms with van der Waals surface area (Å²) in [6.45, 7) is 4.24. The van der Waals surface area contributed by atoms with Crippen LogP contribution in [0.5, 0.6) is 11.5 Å². The van der Waals surface area contributed by atoms with Crippen LogP contribution in [-0.2, 0) is 0 Å². The van der Waals surface area contributed by atoms with Gasteiger partial charge in [-0.1, -0.05) is 6.92 Å². The van der Waals surface area contributed by atoms with Gasteiger partial charge in [-0.25, -0.2) is 0 Å². The highest BCUT2D eigenvalue weighted by molar-refractivity contribution is 5.44. The monoisotopic (exact) mass is 221 g/mol. The van der Waals surface area contributed by atoms with Crippen LogP contribution in [-0.4, -0.2) is 12.7 Å². The zero-order valence-corrected chi connectivity index (χ0v) is 10.1. The van der Waals surface area contributed by atoms with Gasteiger partial charge >= 0.3 is 0 Å². The molecule has 1 aliphatic heterocycles. The standard InChI is InChI=1S/C13H19NO2/c1-4-13(2)8-11(14)10-7-9(15-3)5-6-12(10)16-13/h5-7,11H,4,8,14H2,1-3H3/t11-,13?/m1/s1. The molecule has 2 atom stereocenters. The molecule has 2 N–H and O–H groups in total. The minimum absolute atomic E-state index is 0.0313. The molecule has 1 aromatic carbocycles. The third-order valence-electron chi connectivity index (χ3n) is 3.37. The van der Waals surface area contributed by atoms with Gasteiger partial charge in [0.1, 0.15) is 17.1 Å². The zero-order valence-electron chi connectivity index (χ0n) is 10.1. The summed E-state index contributed by atoms with van der Waals surface area (Å²) in [6.07, 6.45) is 1.82. The third kappa shape index (κ3) is 1.87. The lowest BCUT2D eigenvalue weighted by Gasteiger charge is -2.38. The first kappa shape index (κ1) is 11.3. The number of methoxy groups -OCH3 is 1. The molecule has 0 saturated carbocycles. The van der Waals surface area contributed by atoms with Gasteiger partial charge < -0.3 is 15.2 Å². The largest absolute Gasteiger partial charge is 0.497 e. The second-order valence-electron chi connectivity index (χ2n) is 4.62. The van der Waals surface area contributed by atoms with Crippen LogP contribution in [0.25, 0.3) is 0 Å². The second-order valence-corrected chi connectivity index (χ2v) is 4.62. The third-order valence-corrected chi connectivity index (χ3v) is 3.37. The fourth-order valence-electron chi connectivity index (χ4n) is 2.14. The van der Waals surface area contributed by atoms with E-state index in [-0.39, 0.29) is 11.6 Å². The van der Waals surface area contributed by atoms with Crippen LogP contribution in [0, 0.1) is 0 Å². The predicted octanol–water partition coefficient (Wildman–Crippen LogP) is 2.65. The number of hydrogen-bond acceptors (Lipinski definition) is 3. The lowest BCUT2D eigenvalue weighted by molar-refractivity contribution is 0.0502. The maximum Gasteiger partial charge on any atom is 0.125 e. The van der Waals surface area contributed by atoms with Gasteiger partial charge in [0.25, 0.3) is 0 Å². The molecule has 0 bridgehead atoms. The van der Waals surface area contributed by atoms with Crippen molar-refractivity contribution in [3.63, 3.8) is 0 Å². The van der Waals surface area contributed by atoms with E-state index in [1.165, 1.54) is 0 Å². The van der Waals surface area contributed by atoms with E-state index in [1.54, 1.807) is 7.11 Å². The van der Waals surface area contributed by atoms with Crippen molar-refractivity contribution in [3.8, 4) is 11.5 Å². The van der Waals surface area contributed by atoms with Crippen molar-refractivity contribution in [2.75, 3.05) is 7.11 Å². The van der Waals surface area contributed by atoms with Crippen LogP contribution in [0.2, 0.25) is 0 Å². The molecule has 1 unspecified atom stereocenters. The predicted molar refractivity (Wildman–Crippen MR) is 63.9 cm³/mol. The Kier molecular flexibility index (Phi) is 2.80. The minimum Gasteiger partial charge on any atom is -0.497 e. The molecule has 1 heterocycles. The molecule has 3 nitrogen and oxygen atoms in total. The summed E-state index contributed by atoms with van der Waals surface area (Å²) in [5, 5.41) is 0. The molecule has 0 amide bonds. The van der Waals surface area contributed by atoms with Gasteiger partial charge in [0.05, 0.1) is 7.11 Å². The van der Waals surface area contributed by atoms with Crippen molar-refractivity contribution in [1.29, 1.82) is 0 Å². The van der Waals surface area contributed by atoms with E-state index in [1.807, 2.05) is 18.2 Å². The van der Waals surface area contributed by atoms with E-state index < -0.39 is 0 Å². The Labute approximate surface area is 96.5 Å². The van der Waals surface area contributed by atoms with Crippen LogP contribution in [0.4, 0.5) is 0 Å². The highest BCUT2D eigenvalue weighted by Gasteiger charge is 2.34. The van der Waals surface area contributed by atoms with E-state index in [9.17, 15) is 0 Å². The zero-order chi connectivity index (χ0) is 11.8. The van der Waals surface area contributed by atoms with Gasteiger partial charge in [-0.15, -0.1) is 0 Å². The number of ether oxygens (including phenoxy) is 2. The van der Waals surface area contributed by atoms with E-state index in [0.717, 1.165) is 29.9 Å². The highest BCUT2D eigenvalue weighted by Crippen LogP contribution is 2.41. The SMILES string of the molecule is CCC1(C)C[C@@H](N)c2cc(OC)ccc2O1. The topological polar surface area (TPSA) is 44.5 Å². The van der Waals surface area contributed by atoms with Gasteiger partial charge in [-0.3, -0.25) is 0 Å². The molecule has 0 fully saturated rings. The second kappa shape index (κ2) is 3.98. The quantitative estimate of drug-likeness (QED) is 0.835. The van der Waals surface area contributed by atoms with Gasteiger partial charge in [-0.05, 0) is 31.5 Å². The molecule has 16 heavy (non-hydrogen) atoms. The highest BCUT2D eigenvalue weighted by atomic mass is 16.5. The molecule has 88 valence electrons. The number of fused-ring (bicyclic) bond motifs is 1. The summed E-state index contributed by atoms with van der Waals surface area (Å²) < 4.78 is 11.2. The van der Waals surface area contributed by atoms with E-state index in [4.69, 9.17) is 15.2 Å². The average Bonchev–Trinajstić information content (AvgIpc) is 2.28. The molecule has 2 rings (SSSR count). The lowest BCUT2D eigenvalue weighted by atomic mass is 9.87. The van der Waals surface area contributed by atoms with Gasteiger partial charge in [0.2, 0.25) is 0 Å². The van der Waals surface area contributed by atoms with Gasteiger partial charge in [0.15, 0.2) is 0 Å². The smallest absolute Gasteiger partial charge is 0.125 e. The molecular formula is C13H19NO2. The van der Waals surface area contributed by atoms with Crippen molar-refractivity contribution in [3.05, 3.63) is 23.8 Å². The first-order chi connectivity index (χ1) is 7.58. The number of nitrogens with two attached hydrogens (primary N) is 1. The van der Waals surface area contributed by atoms with Crippen LogP contribution in [0.15, 0.2) is 18.2 Å². The minimum atomic E-state index is -0.138. The molecule has 0 aliphatic carbocycles. The molecule has 1 aromatic rings. The van der Waals surface area contributed by atoms with E-state index in [0.29, 0.717) is 0 Å². The molecule has 0 radical (unpaired) electrons. The Morgan fingerprint density at radius 2 is 2.31 bits per heavy atom. The fourth-order valence-corrected chi connectivity index (χ4v) is 2.14. The van der Waals surface area contributed by atoms with Crippen LogP contribution < -0.4 is 15.2 Å². The summed E-state index contributed by atoms with van der Waals surface area (Å²) in [7, 11) is 1.66. The number of rotatable bonds is 2. The Hall–Kier alpha value is -1.22. The molecule has 1 aliphatic rings. The van der Waals surface area contributed by atoms with Crippen molar-refractivity contribution < 1.29 is 9.47 Å². The Morgan fingerprint density at radius 1 is 1.56 bits per heavy atom. The number of hydrogen-bond donors (Lipinski definition) is 1. The lowest BCUT2D eigenvalue weighted by Crippen LogP contribution is -2.39. The van der Waals surface area contributed by atoms with Crippen molar-refractivity contribution in [2.45, 2.75) is 38.3 Å². The van der Waals surface area contributed by atoms with E-state index >= 15 is 0 Å². The van der Waals surface area contributed by atoms with Gasteiger partial charge in [-0.2, -0.15) is 0 Å². The van der Waals surface area contributed by atoms with Crippen LogP contribution in [0.3, 0.4) is 0 Å². The first-order valence-corrected chi connectivity index (χ1v) is 5.70. The van der Waals surface area contributed by atoms with E-state index in [2.05, 4.69) is 13.8 Å². The Balaban J connectivity index is 2.38. The van der Waals surface area contributed by atoms with Crippen LogP contribution >= 0.6 is 0 Å². The summed E-state index contributed by atoms with van der Waals surface area (Å²) in [6, 6.07) is 5.85. The Morgan fingerprint density at radius 3 is 2.94 bits per heavy atom. The molecule has 3 heteroatoms. The first-order valence-electron chi connectivity index (χ1n) is 5.70. The average molecular weight is 221 g/mol. The van der Waals surface area contributed by atoms with Crippen molar-refractivity contribution >= 4 is 0 Å². The summed E-state index contributed by atoms with van der Waals surface area (Å²) in [5.74, 6) is 1.72. The molecular weight excluding hydrogens is 202 g/mol. The maximum absolute atomic E-state index is 6.19. The molecule has 0 spiro atoms. The fraction of sp³-hybridized carbons (Fsp3) is 0.538. The summed E-state index contributed by atoms with van der Waals surface area (Å²) >= 11 is 0. The summed E-state index contributed by atoms with van der Waals surface area (Å²) in [5.41, 5.74) is 7.09. The molecule has 0 aromatic heterocycles. The maximum atomic E-state index is 6.19. The normalized spacial score (nSPS) is 28.1. The Bertz CT molecular complexity index is 392. The van der Waals surface area contributed by atoms with Crippen molar-refractivity contribution in [1.82, 2.24) is 0 Å². The summed E-state index contributed by atoms with van der Waals surface area (Å²) in [4.78, 5) is 0. The van der Waals surface area contributed by atoms with Gasteiger partial charge in [0, 0.05) is 18.0 Å². The van der Waals surface area contributed by atoms with Crippen molar-refractivity contribution in [2.24, 2.45) is 5.73 Å². The van der Waals surface area contributed by atoms with Crippen LogP contribution in [0.1, 0.15) is 38.3 Å². The number of benzene rings is 1. The molecule has 0 saturated heterocycles.